The van der Waals surface area contributed by atoms with Crippen LogP contribution in [0.3, 0.4) is 0 Å². The van der Waals surface area contributed by atoms with E-state index in [1.807, 2.05) is 0 Å². The smallest absolute Gasteiger partial charge is 0.191 e. The summed E-state index contributed by atoms with van der Waals surface area (Å²) in [5.74, 6) is 1.43. The molecule has 1 fully saturated rings. The molecule has 1 saturated heterocycles. The summed E-state index contributed by atoms with van der Waals surface area (Å²) in [5, 5.41) is 1.34. The van der Waals surface area contributed by atoms with Crippen molar-refractivity contribution in [1.29, 1.82) is 0 Å². The Labute approximate surface area is 155 Å². The van der Waals surface area contributed by atoms with Gasteiger partial charge in [-0.2, -0.15) is 0 Å². The van der Waals surface area contributed by atoms with Crippen LogP contribution in [0.1, 0.15) is 30.9 Å². The average molecular weight is 426 g/mol. The lowest BCUT2D eigenvalue weighted by Crippen LogP contribution is -2.43. The summed E-state index contributed by atoms with van der Waals surface area (Å²) in [7, 11) is 0. The number of aryl methyl sites for hydroxylation is 1. The number of fused-ring (bicyclic) bond motifs is 1. The van der Waals surface area contributed by atoms with Gasteiger partial charge in [0.25, 0.3) is 0 Å². The first-order chi connectivity index (χ1) is 10.6. The molecular weight excluding hydrogens is 399 g/mol. The van der Waals surface area contributed by atoms with Crippen molar-refractivity contribution in [3.8, 4) is 0 Å². The monoisotopic (exact) mass is 426 g/mol. The summed E-state index contributed by atoms with van der Waals surface area (Å²) >= 11 is 0. The number of hydrogen-bond acceptors (Lipinski definition) is 1. The molecule has 1 aromatic carbocycles. The number of nitrogens with one attached hydrogen (secondary N) is 1. The first kappa shape index (κ1) is 18.1. The molecule has 3 N–H and O–H groups in total. The first-order valence-corrected chi connectivity index (χ1v) is 8.25. The largest absolute Gasteiger partial charge is 0.370 e. The SMILES string of the molecule is Cc1cccc2[nH]cc(CCN=C(N)N3CCCC(C)C3)c12.I. The molecule has 2 heterocycles. The Hall–Kier alpha value is -1.24. The van der Waals surface area contributed by atoms with Crippen molar-refractivity contribution in [3.05, 3.63) is 35.5 Å². The van der Waals surface area contributed by atoms with Crippen LogP contribution in [-0.4, -0.2) is 35.5 Å². The van der Waals surface area contributed by atoms with Gasteiger partial charge in [-0.15, -0.1) is 24.0 Å². The molecule has 0 radical (unpaired) electrons. The summed E-state index contributed by atoms with van der Waals surface area (Å²) in [4.78, 5) is 10.2. The maximum absolute atomic E-state index is 6.16. The second-order valence-electron chi connectivity index (χ2n) is 6.49. The van der Waals surface area contributed by atoms with Gasteiger partial charge in [0.1, 0.15) is 0 Å². The Morgan fingerprint density at radius 1 is 1.43 bits per heavy atom. The highest BCUT2D eigenvalue weighted by molar-refractivity contribution is 14.0. The minimum atomic E-state index is 0. The van der Waals surface area contributed by atoms with Crippen LogP contribution in [0.2, 0.25) is 0 Å². The lowest BCUT2D eigenvalue weighted by atomic mass is 10.0. The molecule has 1 aliphatic heterocycles. The molecule has 0 saturated carbocycles. The fourth-order valence-corrected chi connectivity index (χ4v) is 3.44. The topological polar surface area (TPSA) is 57.4 Å². The Kier molecular flexibility index (Phi) is 6.33. The molecule has 1 unspecified atom stereocenters. The molecule has 1 aromatic heterocycles. The maximum atomic E-state index is 6.16. The average Bonchev–Trinajstić information content (AvgIpc) is 2.92. The van der Waals surface area contributed by atoms with Crippen molar-refractivity contribution in [1.82, 2.24) is 9.88 Å². The van der Waals surface area contributed by atoms with E-state index in [-0.39, 0.29) is 24.0 Å². The van der Waals surface area contributed by atoms with Crippen LogP contribution in [-0.2, 0) is 6.42 Å². The standard InChI is InChI=1S/C18H26N4.HI/c1-13-5-4-10-22(12-13)18(19)20-9-8-15-11-21-16-7-3-6-14(2)17(15)16;/h3,6-7,11,13,21H,4-5,8-10,12H2,1-2H3,(H2,19,20);1H. The Morgan fingerprint density at radius 3 is 3.04 bits per heavy atom. The fourth-order valence-electron chi connectivity index (χ4n) is 3.44. The van der Waals surface area contributed by atoms with Crippen LogP contribution in [0.5, 0.6) is 0 Å². The zero-order valence-electron chi connectivity index (χ0n) is 14.0. The second-order valence-corrected chi connectivity index (χ2v) is 6.49. The summed E-state index contributed by atoms with van der Waals surface area (Å²) < 4.78 is 0. The van der Waals surface area contributed by atoms with Crippen LogP contribution in [0, 0.1) is 12.8 Å². The number of guanidine groups is 1. The molecule has 0 bridgehead atoms. The normalized spacial score (nSPS) is 19.0. The van der Waals surface area contributed by atoms with E-state index in [0.29, 0.717) is 5.96 Å². The molecule has 23 heavy (non-hydrogen) atoms. The third-order valence-corrected chi connectivity index (χ3v) is 4.63. The van der Waals surface area contributed by atoms with E-state index in [9.17, 15) is 0 Å². The third kappa shape index (κ3) is 4.19. The van der Waals surface area contributed by atoms with E-state index in [2.05, 4.69) is 53.1 Å². The molecular formula is C18H27IN4. The Balaban J connectivity index is 0.00000192. The molecule has 5 heteroatoms. The molecule has 0 amide bonds. The van der Waals surface area contributed by atoms with Gasteiger partial charge in [-0.25, -0.2) is 0 Å². The van der Waals surface area contributed by atoms with Crippen molar-refractivity contribution in [2.75, 3.05) is 19.6 Å². The van der Waals surface area contributed by atoms with Gasteiger partial charge in [-0.05, 0) is 49.3 Å². The van der Waals surface area contributed by atoms with Gasteiger partial charge in [0.05, 0.1) is 0 Å². The highest BCUT2D eigenvalue weighted by Gasteiger charge is 2.17. The summed E-state index contributed by atoms with van der Waals surface area (Å²) in [6.45, 7) is 7.28. The Bertz CT molecular complexity index is 677. The van der Waals surface area contributed by atoms with Gasteiger partial charge in [-0.3, -0.25) is 4.99 Å². The highest BCUT2D eigenvalue weighted by Crippen LogP contribution is 2.22. The highest BCUT2D eigenvalue weighted by atomic mass is 127. The number of nitrogens with zero attached hydrogens (tertiary/aromatic N) is 2. The number of benzene rings is 1. The lowest BCUT2D eigenvalue weighted by Gasteiger charge is -2.31. The minimum Gasteiger partial charge on any atom is -0.370 e. The number of H-pyrrole nitrogens is 1. The molecule has 0 spiro atoms. The fraction of sp³-hybridized carbons (Fsp3) is 0.500. The van der Waals surface area contributed by atoms with Crippen molar-refractivity contribution < 1.29 is 0 Å². The predicted octanol–water partition coefficient (Wildman–Crippen LogP) is 3.68. The molecule has 2 aromatic rings. The number of halogens is 1. The van der Waals surface area contributed by atoms with Gasteiger partial charge < -0.3 is 15.6 Å². The lowest BCUT2D eigenvalue weighted by molar-refractivity contribution is 0.270. The molecule has 0 aliphatic carbocycles. The number of nitrogens with two attached hydrogens (primary N) is 1. The third-order valence-electron chi connectivity index (χ3n) is 4.63. The number of piperidine rings is 1. The van der Waals surface area contributed by atoms with Crippen LogP contribution in [0.25, 0.3) is 10.9 Å². The molecule has 4 nitrogen and oxygen atoms in total. The first-order valence-electron chi connectivity index (χ1n) is 8.25. The van der Waals surface area contributed by atoms with Crippen molar-refractivity contribution in [2.24, 2.45) is 16.6 Å². The quantitative estimate of drug-likeness (QED) is 0.447. The van der Waals surface area contributed by atoms with Gasteiger partial charge in [0.2, 0.25) is 0 Å². The van der Waals surface area contributed by atoms with E-state index < -0.39 is 0 Å². The van der Waals surface area contributed by atoms with E-state index in [1.165, 1.54) is 34.9 Å². The van der Waals surface area contributed by atoms with E-state index in [4.69, 9.17) is 5.73 Å². The van der Waals surface area contributed by atoms with Crippen molar-refractivity contribution in [3.63, 3.8) is 0 Å². The summed E-state index contributed by atoms with van der Waals surface area (Å²) in [5.41, 5.74) is 10.0. The maximum Gasteiger partial charge on any atom is 0.191 e. The zero-order chi connectivity index (χ0) is 15.5. The number of aromatic amines is 1. The van der Waals surface area contributed by atoms with E-state index in [1.54, 1.807) is 0 Å². The van der Waals surface area contributed by atoms with Gasteiger partial charge >= 0.3 is 0 Å². The number of aromatic nitrogens is 1. The number of likely N-dealkylation sites (tertiary alicyclic amines) is 1. The minimum absolute atomic E-state index is 0. The zero-order valence-corrected chi connectivity index (χ0v) is 16.3. The van der Waals surface area contributed by atoms with Crippen molar-refractivity contribution in [2.45, 2.75) is 33.1 Å². The van der Waals surface area contributed by atoms with E-state index >= 15 is 0 Å². The van der Waals surface area contributed by atoms with E-state index in [0.717, 1.165) is 32.0 Å². The van der Waals surface area contributed by atoms with Crippen LogP contribution >= 0.6 is 24.0 Å². The van der Waals surface area contributed by atoms with Crippen LogP contribution in [0.15, 0.2) is 29.4 Å². The van der Waals surface area contributed by atoms with Gasteiger partial charge in [0.15, 0.2) is 5.96 Å². The Morgan fingerprint density at radius 2 is 2.26 bits per heavy atom. The molecule has 126 valence electrons. The summed E-state index contributed by atoms with van der Waals surface area (Å²) in [6, 6.07) is 6.37. The van der Waals surface area contributed by atoms with Gasteiger partial charge in [-0.1, -0.05) is 19.1 Å². The van der Waals surface area contributed by atoms with Crippen LogP contribution in [0.4, 0.5) is 0 Å². The molecule has 1 atom stereocenters. The molecule has 1 aliphatic rings. The van der Waals surface area contributed by atoms with Gasteiger partial charge in [0, 0.05) is 36.7 Å². The predicted molar refractivity (Wildman–Crippen MR) is 109 cm³/mol. The summed E-state index contributed by atoms with van der Waals surface area (Å²) in [6.07, 6.45) is 5.55. The number of hydrogen-bond donors (Lipinski definition) is 2. The number of rotatable bonds is 3. The number of aliphatic imine (C=N–C) groups is 1. The van der Waals surface area contributed by atoms with Crippen LogP contribution < -0.4 is 5.73 Å². The second kappa shape index (κ2) is 8.04. The van der Waals surface area contributed by atoms with Crippen molar-refractivity contribution >= 4 is 40.8 Å². The molecule has 3 rings (SSSR count).